The number of anilines is 2. The molecule has 1 heterocycles. The molecule has 0 aliphatic carbocycles. The topological polar surface area (TPSA) is 61.9 Å². The van der Waals surface area contributed by atoms with Crippen LogP contribution in [0.25, 0.3) is 0 Å². The average Bonchev–Trinajstić information content (AvgIpc) is 2.69. The summed E-state index contributed by atoms with van der Waals surface area (Å²) in [5.41, 5.74) is 2.33. The Kier molecular flexibility index (Phi) is 5.73. The molecule has 6 heteroatoms. The van der Waals surface area contributed by atoms with Gasteiger partial charge in [0.05, 0.1) is 17.9 Å². The van der Waals surface area contributed by atoms with Crippen molar-refractivity contribution in [1.82, 2.24) is 9.80 Å². The smallest absolute Gasteiger partial charge is 0.409 e. The number of ether oxygens (including phenoxy) is 1. The van der Waals surface area contributed by atoms with Crippen LogP contribution in [0.2, 0.25) is 0 Å². The Balaban J connectivity index is 1.68. The monoisotopic (exact) mass is 353 g/mol. The molecular formula is C20H23N3O3. The second-order valence-corrected chi connectivity index (χ2v) is 6.01. The lowest BCUT2D eigenvalue weighted by atomic mass is 10.1. The van der Waals surface area contributed by atoms with Gasteiger partial charge < -0.3 is 19.9 Å². The second kappa shape index (κ2) is 8.38. The molecule has 0 radical (unpaired) electrons. The van der Waals surface area contributed by atoms with Crippen molar-refractivity contribution < 1.29 is 14.3 Å². The minimum absolute atomic E-state index is 0.0347. The van der Waals surface area contributed by atoms with Crippen LogP contribution in [-0.2, 0) is 4.74 Å². The normalized spacial score (nSPS) is 14.0. The first kappa shape index (κ1) is 17.8. The first-order valence-electron chi connectivity index (χ1n) is 8.81. The van der Waals surface area contributed by atoms with Crippen LogP contribution in [0, 0.1) is 0 Å². The van der Waals surface area contributed by atoms with E-state index < -0.39 is 0 Å². The van der Waals surface area contributed by atoms with Gasteiger partial charge in [0.1, 0.15) is 0 Å². The van der Waals surface area contributed by atoms with Crippen molar-refractivity contribution in [3.05, 3.63) is 60.2 Å². The predicted molar refractivity (Wildman–Crippen MR) is 101 cm³/mol. The summed E-state index contributed by atoms with van der Waals surface area (Å²) < 4.78 is 5.02. The maximum atomic E-state index is 13.0. The number of carbonyl (C=O) groups excluding carboxylic acids is 2. The van der Waals surface area contributed by atoms with Crippen LogP contribution in [-0.4, -0.2) is 54.6 Å². The van der Waals surface area contributed by atoms with Gasteiger partial charge in [0.2, 0.25) is 0 Å². The number of benzene rings is 2. The van der Waals surface area contributed by atoms with E-state index in [0.29, 0.717) is 38.3 Å². The molecule has 136 valence electrons. The Labute approximate surface area is 153 Å². The highest BCUT2D eigenvalue weighted by Crippen LogP contribution is 2.22. The van der Waals surface area contributed by atoms with Crippen molar-refractivity contribution in [2.24, 2.45) is 0 Å². The van der Waals surface area contributed by atoms with Crippen LogP contribution in [0.3, 0.4) is 0 Å². The minimum Gasteiger partial charge on any atom is -0.450 e. The molecule has 1 aliphatic heterocycles. The number of nitrogens with zero attached hydrogens (tertiary/aromatic N) is 2. The molecule has 0 bridgehead atoms. The summed E-state index contributed by atoms with van der Waals surface area (Å²) in [5, 5.41) is 3.30. The van der Waals surface area contributed by atoms with E-state index in [-0.39, 0.29) is 12.0 Å². The van der Waals surface area contributed by atoms with E-state index in [0.717, 1.165) is 11.4 Å². The molecule has 3 rings (SSSR count). The zero-order valence-corrected chi connectivity index (χ0v) is 14.9. The summed E-state index contributed by atoms with van der Waals surface area (Å²) in [6.07, 6.45) is -0.314. The quantitative estimate of drug-likeness (QED) is 0.916. The van der Waals surface area contributed by atoms with E-state index in [9.17, 15) is 9.59 Å². The number of hydrogen-bond donors (Lipinski definition) is 1. The summed E-state index contributed by atoms with van der Waals surface area (Å²) in [7, 11) is 0. The van der Waals surface area contributed by atoms with E-state index >= 15 is 0 Å². The maximum absolute atomic E-state index is 13.0. The van der Waals surface area contributed by atoms with E-state index in [1.54, 1.807) is 16.7 Å². The van der Waals surface area contributed by atoms with Crippen LogP contribution in [0.15, 0.2) is 54.6 Å². The van der Waals surface area contributed by atoms with Crippen LogP contribution >= 0.6 is 0 Å². The number of hydrogen-bond acceptors (Lipinski definition) is 4. The minimum atomic E-state index is -0.314. The van der Waals surface area contributed by atoms with Gasteiger partial charge >= 0.3 is 6.09 Å². The number of amides is 2. The van der Waals surface area contributed by atoms with Crippen LogP contribution in [0.4, 0.5) is 16.2 Å². The molecule has 1 N–H and O–H groups in total. The summed E-state index contributed by atoms with van der Waals surface area (Å²) >= 11 is 0. The van der Waals surface area contributed by atoms with Crippen LogP contribution in [0.1, 0.15) is 17.3 Å². The highest BCUT2D eigenvalue weighted by molar-refractivity contribution is 6.00. The van der Waals surface area contributed by atoms with Gasteiger partial charge in [0, 0.05) is 31.9 Å². The molecule has 0 saturated carbocycles. The molecular weight excluding hydrogens is 330 g/mol. The lowest BCUT2D eigenvalue weighted by Gasteiger charge is -2.34. The fraction of sp³-hybridized carbons (Fsp3) is 0.300. The van der Waals surface area contributed by atoms with Gasteiger partial charge in [-0.3, -0.25) is 4.79 Å². The molecule has 0 atom stereocenters. The molecule has 26 heavy (non-hydrogen) atoms. The molecule has 0 spiro atoms. The van der Waals surface area contributed by atoms with Gasteiger partial charge in [-0.1, -0.05) is 30.3 Å². The third-order valence-corrected chi connectivity index (χ3v) is 4.30. The molecule has 1 fully saturated rings. The number of piperazine rings is 1. The Morgan fingerprint density at radius 3 is 2.23 bits per heavy atom. The molecule has 2 aromatic carbocycles. The Bertz CT molecular complexity index is 756. The lowest BCUT2D eigenvalue weighted by molar-refractivity contribution is 0.0571. The van der Waals surface area contributed by atoms with Crippen molar-refractivity contribution in [3.63, 3.8) is 0 Å². The lowest BCUT2D eigenvalue weighted by Crippen LogP contribution is -2.50. The largest absolute Gasteiger partial charge is 0.450 e. The summed E-state index contributed by atoms with van der Waals surface area (Å²) in [6.45, 7) is 4.11. The van der Waals surface area contributed by atoms with Crippen molar-refractivity contribution in [1.29, 1.82) is 0 Å². The fourth-order valence-corrected chi connectivity index (χ4v) is 2.93. The van der Waals surface area contributed by atoms with Crippen LogP contribution < -0.4 is 5.32 Å². The van der Waals surface area contributed by atoms with Crippen molar-refractivity contribution in [3.8, 4) is 0 Å². The number of nitrogens with one attached hydrogen (secondary N) is 1. The Hall–Kier alpha value is -3.02. The number of carbonyl (C=O) groups is 2. The summed E-state index contributed by atoms with van der Waals surface area (Å²) in [5.74, 6) is -0.0347. The number of rotatable bonds is 4. The van der Waals surface area contributed by atoms with Crippen LogP contribution in [0.5, 0.6) is 0 Å². The Morgan fingerprint density at radius 2 is 1.54 bits per heavy atom. The van der Waals surface area contributed by atoms with Gasteiger partial charge in [-0.05, 0) is 31.2 Å². The first-order valence-corrected chi connectivity index (χ1v) is 8.81. The maximum Gasteiger partial charge on any atom is 0.409 e. The van der Waals surface area contributed by atoms with Crippen molar-refractivity contribution >= 4 is 23.4 Å². The highest BCUT2D eigenvalue weighted by atomic mass is 16.6. The standard InChI is InChI=1S/C20H23N3O3/c1-2-26-20(25)23-14-12-22(13-15-23)19(24)17-10-6-7-11-18(17)21-16-8-4-3-5-9-16/h3-11,21H,2,12-15H2,1H3. The fourth-order valence-electron chi connectivity index (χ4n) is 2.93. The SMILES string of the molecule is CCOC(=O)N1CCN(C(=O)c2ccccc2Nc2ccccc2)CC1. The van der Waals surface area contributed by atoms with Gasteiger partial charge in [-0.2, -0.15) is 0 Å². The van der Waals surface area contributed by atoms with E-state index in [4.69, 9.17) is 4.74 Å². The average molecular weight is 353 g/mol. The molecule has 1 aliphatic rings. The molecule has 2 amide bonds. The predicted octanol–water partition coefficient (Wildman–Crippen LogP) is 3.34. The van der Waals surface area contributed by atoms with Gasteiger partial charge in [-0.25, -0.2) is 4.79 Å². The van der Waals surface area contributed by atoms with Gasteiger partial charge in [0.25, 0.3) is 5.91 Å². The molecule has 6 nitrogen and oxygen atoms in total. The molecule has 0 unspecified atom stereocenters. The van der Waals surface area contributed by atoms with Crippen molar-refractivity contribution in [2.75, 3.05) is 38.1 Å². The second-order valence-electron chi connectivity index (χ2n) is 6.01. The first-order chi connectivity index (χ1) is 12.7. The molecule has 1 saturated heterocycles. The highest BCUT2D eigenvalue weighted by Gasteiger charge is 2.26. The van der Waals surface area contributed by atoms with Gasteiger partial charge in [-0.15, -0.1) is 0 Å². The van der Waals surface area contributed by atoms with E-state index in [1.807, 2.05) is 54.6 Å². The third-order valence-electron chi connectivity index (χ3n) is 4.30. The van der Waals surface area contributed by atoms with E-state index in [2.05, 4.69) is 5.32 Å². The van der Waals surface area contributed by atoms with E-state index in [1.165, 1.54) is 0 Å². The molecule has 0 aromatic heterocycles. The van der Waals surface area contributed by atoms with Gasteiger partial charge in [0.15, 0.2) is 0 Å². The third kappa shape index (κ3) is 4.14. The zero-order chi connectivity index (χ0) is 18.4. The van der Waals surface area contributed by atoms with Crippen molar-refractivity contribution in [2.45, 2.75) is 6.92 Å². The summed E-state index contributed by atoms with van der Waals surface area (Å²) in [6, 6.07) is 17.2. The molecule has 2 aromatic rings. The number of para-hydroxylation sites is 2. The Morgan fingerprint density at radius 1 is 0.923 bits per heavy atom. The zero-order valence-electron chi connectivity index (χ0n) is 14.9. The summed E-state index contributed by atoms with van der Waals surface area (Å²) in [4.78, 5) is 28.2.